The maximum absolute atomic E-state index is 12.8. The molecule has 2 unspecified atom stereocenters. The number of alkyl halides is 3. The van der Waals surface area contributed by atoms with Crippen molar-refractivity contribution in [1.82, 2.24) is 5.32 Å². The summed E-state index contributed by atoms with van der Waals surface area (Å²) in [6.07, 6.45) is -3.22. The van der Waals surface area contributed by atoms with Gasteiger partial charge in [0, 0.05) is 6.04 Å². The van der Waals surface area contributed by atoms with Crippen molar-refractivity contribution in [1.29, 1.82) is 0 Å². The Bertz CT molecular complexity index is 358. The summed E-state index contributed by atoms with van der Waals surface area (Å²) in [5.74, 6) is -0.467. The van der Waals surface area contributed by atoms with Crippen molar-refractivity contribution >= 4 is 5.97 Å². The second kappa shape index (κ2) is 5.54. The molecule has 0 aromatic heterocycles. The number of ether oxygens (including phenoxy) is 1. The Morgan fingerprint density at radius 1 is 1.05 bits per heavy atom. The fraction of sp³-hybridized carbons (Fsp3) is 0.929. The zero-order chi connectivity index (χ0) is 15.8. The van der Waals surface area contributed by atoms with E-state index in [1.165, 1.54) is 0 Å². The molecule has 2 atom stereocenters. The topological polar surface area (TPSA) is 38.3 Å². The molecule has 3 nitrogen and oxygen atoms in total. The smallest absolute Gasteiger partial charge is 0.403 e. The van der Waals surface area contributed by atoms with Gasteiger partial charge >= 0.3 is 12.1 Å². The fourth-order valence-electron chi connectivity index (χ4n) is 2.31. The molecule has 6 heteroatoms. The molecule has 1 fully saturated rings. The van der Waals surface area contributed by atoms with Gasteiger partial charge in [-0.25, -0.2) is 0 Å². The lowest BCUT2D eigenvalue weighted by Gasteiger charge is -2.40. The summed E-state index contributed by atoms with van der Waals surface area (Å²) >= 11 is 0. The van der Waals surface area contributed by atoms with Crippen molar-refractivity contribution in [2.45, 2.75) is 77.7 Å². The van der Waals surface area contributed by atoms with Gasteiger partial charge in [0.25, 0.3) is 0 Å². The largest absolute Gasteiger partial charge is 0.460 e. The first kappa shape index (κ1) is 17.3. The van der Waals surface area contributed by atoms with Crippen LogP contribution in [0.25, 0.3) is 0 Å². The van der Waals surface area contributed by atoms with Gasteiger partial charge in [-0.05, 0) is 53.9 Å². The van der Waals surface area contributed by atoms with E-state index in [0.29, 0.717) is 12.8 Å². The highest BCUT2D eigenvalue weighted by molar-refractivity contribution is 5.77. The van der Waals surface area contributed by atoms with Crippen LogP contribution in [0.15, 0.2) is 0 Å². The number of nitrogens with one attached hydrogen (secondary N) is 1. The average Bonchev–Trinajstić information content (AvgIpc) is 2.25. The van der Waals surface area contributed by atoms with E-state index in [-0.39, 0.29) is 6.42 Å². The molecule has 1 aliphatic heterocycles. The maximum atomic E-state index is 12.8. The van der Waals surface area contributed by atoms with E-state index in [1.54, 1.807) is 34.6 Å². The van der Waals surface area contributed by atoms with Gasteiger partial charge in [0.1, 0.15) is 11.6 Å². The molecule has 0 saturated carbocycles. The molecule has 20 heavy (non-hydrogen) atoms. The van der Waals surface area contributed by atoms with Crippen LogP contribution < -0.4 is 5.32 Å². The summed E-state index contributed by atoms with van der Waals surface area (Å²) in [6, 6.07) is -2.07. The highest BCUT2D eigenvalue weighted by atomic mass is 19.4. The predicted octanol–water partition coefficient (Wildman–Crippen LogP) is 3.43. The van der Waals surface area contributed by atoms with Gasteiger partial charge in [-0.1, -0.05) is 0 Å². The fourth-order valence-corrected chi connectivity index (χ4v) is 2.31. The molecule has 0 amide bonds. The average molecular weight is 295 g/mol. The van der Waals surface area contributed by atoms with E-state index in [9.17, 15) is 18.0 Å². The minimum atomic E-state index is -4.28. The molecule has 118 valence electrons. The summed E-state index contributed by atoms with van der Waals surface area (Å²) in [5, 5.41) is 2.57. The standard InChI is InChI=1S/C14H24F3NO2/c1-12(2,3)20-11(19)13(4,5)9-7-6-8-10(18-9)14(15,16)17/h9-10,18H,6-8H2,1-5H3. The molecule has 1 aliphatic rings. The van der Waals surface area contributed by atoms with Crippen LogP contribution >= 0.6 is 0 Å². The van der Waals surface area contributed by atoms with Gasteiger partial charge in [-0.3, -0.25) is 4.79 Å². The minimum absolute atomic E-state index is 0.0599. The van der Waals surface area contributed by atoms with E-state index in [1.807, 2.05) is 0 Å². The number of carbonyl (C=O) groups is 1. The van der Waals surface area contributed by atoms with Crippen molar-refractivity contribution in [3.05, 3.63) is 0 Å². The molecule has 0 radical (unpaired) electrons. The van der Waals surface area contributed by atoms with E-state index < -0.39 is 35.2 Å². The third-order valence-corrected chi connectivity index (χ3v) is 3.58. The monoisotopic (exact) mass is 295 g/mol. The Labute approximate surface area is 118 Å². The van der Waals surface area contributed by atoms with Crippen LogP contribution in [0, 0.1) is 5.41 Å². The summed E-state index contributed by atoms with van der Waals surface area (Å²) in [6.45, 7) is 8.50. The Morgan fingerprint density at radius 3 is 2.00 bits per heavy atom. The lowest BCUT2D eigenvalue weighted by molar-refractivity contribution is -0.178. The predicted molar refractivity (Wildman–Crippen MR) is 70.2 cm³/mol. The highest BCUT2D eigenvalue weighted by Crippen LogP contribution is 2.35. The SMILES string of the molecule is CC(C)(C)OC(=O)C(C)(C)C1CCCC(C(F)(F)F)N1. The molecule has 0 aromatic carbocycles. The second-order valence-corrected chi connectivity index (χ2v) is 6.97. The van der Waals surface area contributed by atoms with E-state index in [2.05, 4.69) is 5.32 Å². The number of halogens is 3. The molecule has 0 spiro atoms. The molecule has 0 aromatic rings. The Kier molecular flexibility index (Phi) is 4.79. The summed E-state index contributed by atoms with van der Waals surface area (Å²) in [5.41, 5.74) is -1.64. The van der Waals surface area contributed by atoms with Gasteiger partial charge in [0.05, 0.1) is 5.41 Å². The van der Waals surface area contributed by atoms with Crippen molar-refractivity contribution in [2.24, 2.45) is 5.41 Å². The van der Waals surface area contributed by atoms with Crippen LogP contribution in [0.1, 0.15) is 53.9 Å². The first-order valence-corrected chi connectivity index (χ1v) is 6.90. The third kappa shape index (κ3) is 4.36. The Hall–Kier alpha value is -0.780. The van der Waals surface area contributed by atoms with Crippen molar-refractivity contribution < 1.29 is 22.7 Å². The number of hydrogen-bond acceptors (Lipinski definition) is 3. The zero-order valence-electron chi connectivity index (χ0n) is 12.7. The van der Waals surface area contributed by atoms with Gasteiger partial charge < -0.3 is 10.1 Å². The van der Waals surface area contributed by atoms with Crippen LogP contribution in [0.4, 0.5) is 13.2 Å². The van der Waals surface area contributed by atoms with E-state index in [0.717, 1.165) is 0 Å². The van der Waals surface area contributed by atoms with Crippen LogP contribution in [0.5, 0.6) is 0 Å². The molecule has 1 saturated heterocycles. The summed E-state index contributed by atoms with van der Waals surface area (Å²) < 4.78 is 43.7. The highest BCUT2D eigenvalue weighted by Gasteiger charge is 2.48. The number of rotatable bonds is 2. The summed E-state index contributed by atoms with van der Waals surface area (Å²) in [7, 11) is 0. The third-order valence-electron chi connectivity index (χ3n) is 3.58. The Balaban J connectivity index is 2.79. The maximum Gasteiger partial charge on any atom is 0.403 e. The van der Waals surface area contributed by atoms with Gasteiger partial charge in [-0.2, -0.15) is 13.2 Å². The molecule has 1 rings (SSSR count). The van der Waals surface area contributed by atoms with Crippen LogP contribution in [-0.2, 0) is 9.53 Å². The molecule has 0 bridgehead atoms. The molecular formula is C14H24F3NO2. The molecule has 0 aliphatic carbocycles. The molecule has 1 N–H and O–H groups in total. The quantitative estimate of drug-likeness (QED) is 0.793. The number of hydrogen-bond donors (Lipinski definition) is 1. The lowest BCUT2D eigenvalue weighted by atomic mass is 9.78. The lowest BCUT2D eigenvalue weighted by Crippen LogP contribution is -2.57. The number of piperidine rings is 1. The number of carbonyl (C=O) groups excluding carboxylic acids is 1. The Morgan fingerprint density at radius 2 is 1.55 bits per heavy atom. The van der Waals surface area contributed by atoms with E-state index in [4.69, 9.17) is 4.74 Å². The van der Waals surface area contributed by atoms with Crippen LogP contribution in [0.3, 0.4) is 0 Å². The first-order valence-electron chi connectivity index (χ1n) is 6.90. The molecule has 1 heterocycles. The van der Waals surface area contributed by atoms with Crippen LogP contribution in [-0.4, -0.2) is 29.8 Å². The van der Waals surface area contributed by atoms with Gasteiger partial charge in [0.15, 0.2) is 0 Å². The first-order chi connectivity index (χ1) is 8.84. The van der Waals surface area contributed by atoms with Crippen molar-refractivity contribution in [2.75, 3.05) is 0 Å². The van der Waals surface area contributed by atoms with Crippen molar-refractivity contribution in [3.63, 3.8) is 0 Å². The number of esters is 1. The zero-order valence-corrected chi connectivity index (χ0v) is 12.7. The van der Waals surface area contributed by atoms with Gasteiger partial charge in [0.2, 0.25) is 0 Å². The van der Waals surface area contributed by atoms with Crippen molar-refractivity contribution in [3.8, 4) is 0 Å². The van der Waals surface area contributed by atoms with Crippen LogP contribution in [0.2, 0.25) is 0 Å². The minimum Gasteiger partial charge on any atom is -0.460 e. The van der Waals surface area contributed by atoms with Gasteiger partial charge in [-0.15, -0.1) is 0 Å². The molecular weight excluding hydrogens is 271 g/mol. The van der Waals surface area contributed by atoms with E-state index >= 15 is 0 Å². The normalized spacial score (nSPS) is 25.4. The second-order valence-electron chi connectivity index (χ2n) is 6.97. The summed E-state index contributed by atoms with van der Waals surface area (Å²) in [4.78, 5) is 12.2.